The number of rotatable bonds is 3. The second kappa shape index (κ2) is 8.31. The SMILES string of the molecule is CCOP([O-])OC.[Na+]. The molecule has 0 bridgehead atoms. The third-order valence-electron chi connectivity index (χ3n) is 0.384. The summed E-state index contributed by atoms with van der Waals surface area (Å²) >= 11 is 0. The van der Waals surface area contributed by atoms with Gasteiger partial charge in [0, 0.05) is 13.7 Å². The molecule has 1 atom stereocenters. The Bertz CT molecular complexity index is 45.5. The molecule has 0 saturated heterocycles. The molecular weight excluding hydrogens is 138 g/mol. The van der Waals surface area contributed by atoms with E-state index in [-0.39, 0.29) is 29.6 Å². The van der Waals surface area contributed by atoms with Crippen LogP contribution in [0.4, 0.5) is 0 Å². The molecule has 0 aliphatic heterocycles. The van der Waals surface area contributed by atoms with Crippen LogP contribution >= 0.6 is 8.60 Å². The van der Waals surface area contributed by atoms with Gasteiger partial charge in [0.1, 0.15) is 0 Å². The molecule has 0 amide bonds. The van der Waals surface area contributed by atoms with E-state index in [0.717, 1.165) is 0 Å². The van der Waals surface area contributed by atoms with Crippen LogP contribution in [-0.4, -0.2) is 13.7 Å². The first-order valence-corrected chi connectivity index (χ1v) is 3.05. The fourth-order valence-corrected chi connectivity index (χ4v) is 0.474. The van der Waals surface area contributed by atoms with Crippen molar-refractivity contribution in [3.8, 4) is 0 Å². The van der Waals surface area contributed by atoms with Gasteiger partial charge in [-0.1, -0.05) is 0 Å². The fourth-order valence-electron chi connectivity index (χ4n) is 0.158. The van der Waals surface area contributed by atoms with Crippen molar-refractivity contribution in [2.45, 2.75) is 6.92 Å². The van der Waals surface area contributed by atoms with Crippen LogP contribution in [0.15, 0.2) is 0 Å². The summed E-state index contributed by atoms with van der Waals surface area (Å²) in [4.78, 5) is 10.1. The van der Waals surface area contributed by atoms with Crippen LogP contribution in [0.3, 0.4) is 0 Å². The molecule has 0 aromatic carbocycles. The van der Waals surface area contributed by atoms with Crippen molar-refractivity contribution in [3.05, 3.63) is 0 Å². The third kappa shape index (κ3) is 7.31. The Morgan fingerprint density at radius 1 is 1.62 bits per heavy atom. The van der Waals surface area contributed by atoms with Crippen LogP contribution in [0, 0.1) is 0 Å². The molecular formula is C3H8NaO3P. The van der Waals surface area contributed by atoms with Gasteiger partial charge < -0.3 is 13.9 Å². The quantitative estimate of drug-likeness (QED) is 0.320. The molecule has 8 heavy (non-hydrogen) atoms. The summed E-state index contributed by atoms with van der Waals surface area (Å²) in [5, 5.41) is 0. The molecule has 0 radical (unpaired) electrons. The van der Waals surface area contributed by atoms with E-state index in [2.05, 4.69) is 9.05 Å². The van der Waals surface area contributed by atoms with E-state index in [9.17, 15) is 4.89 Å². The van der Waals surface area contributed by atoms with E-state index >= 15 is 0 Å². The zero-order valence-electron chi connectivity index (χ0n) is 5.38. The molecule has 0 N–H and O–H groups in total. The zero-order chi connectivity index (χ0) is 5.70. The van der Waals surface area contributed by atoms with Crippen LogP contribution in [0.2, 0.25) is 0 Å². The van der Waals surface area contributed by atoms with E-state index in [4.69, 9.17) is 0 Å². The molecule has 5 heteroatoms. The molecule has 0 saturated carbocycles. The second-order valence-corrected chi connectivity index (χ2v) is 1.89. The Kier molecular flexibility index (Phi) is 12.5. The first-order chi connectivity index (χ1) is 3.31. The molecule has 44 valence electrons. The Morgan fingerprint density at radius 3 is 2.25 bits per heavy atom. The van der Waals surface area contributed by atoms with Gasteiger partial charge in [0.05, 0.1) is 8.60 Å². The van der Waals surface area contributed by atoms with Gasteiger partial charge in [-0.15, -0.1) is 0 Å². The molecule has 0 aliphatic rings. The van der Waals surface area contributed by atoms with Crippen molar-refractivity contribution in [1.82, 2.24) is 0 Å². The third-order valence-corrected chi connectivity index (χ3v) is 1.15. The van der Waals surface area contributed by atoms with Crippen LogP contribution in [0.5, 0.6) is 0 Å². The summed E-state index contributed by atoms with van der Waals surface area (Å²) in [6.07, 6.45) is 0. The van der Waals surface area contributed by atoms with E-state index in [1.54, 1.807) is 6.92 Å². The fraction of sp³-hybridized carbons (Fsp3) is 1.00. The van der Waals surface area contributed by atoms with E-state index in [0.29, 0.717) is 6.61 Å². The minimum absolute atomic E-state index is 0. The minimum atomic E-state index is -1.83. The molecule has 3 nitrogen and oxygen atoms in total. The van der Waals surface area contributed by atoms with Crippen molar-refractivity contribution in [1.29, 1.82) is 0 Å². The van der Waals surface area contributed by atoms with Crippen molar-refractivity contribution in [2.75, 3.05) is 13.7 Å². The molecule has 0 aromatic heterocycles. The van der Waals surface area contributed by atoms with Gasteiger partial charge >= 0.3 is 29.6 Å². The second-order valence-electron chi connectivity index (χ2n) is 0.824. The minimum Gasteiger partial charge on any atom is -0.786 e. The molecule has 0 rings (SSSR count). The van der Waals surface area contributed by atoms with Crippen molar-refractivity contribution < 1.29 is 43.5 Å². The number of hydrogen-bond acceptors (Lipinski definition) is 3. The Hall–Kier alpha value is 1.31. The Balaban J connectivity index is 0. The largest absolute Gasteiger partial charge is 1.00 e. The van der Waals surface area contributed by atoms with Crippen molar-refractivity contribution in [2.24, 2.45) is 0 Å². The first kappa shape index (κ1) is 12.0. The van der Waals surface area contributed by atoms with Crippen LogP contribution < -0.4 is 34.5 Å². The molecule has 0 spiro atoms. The van der Waals surface area contributed by atoms with Crippen molar-refractivity contribution in [3.63, 3.8) is 0 Å². The summed E-state index contributed by atoms with van der Waals surface area (Å²) in [5.74, 6) is 0. The topological polar surface area (TPSA) is 41.5 Å². The molecule has 0 aromatic rings. The predicted molar refractivity (Wildman–Crippen MR) is 25.6 cm³/mol. The first-order valence-electron chi connectivity index (χ1n) is 1.95. The maximum atomic E-state index is 10.1. The van der Waals surface area contributed by atoms with Gasteiger partial charge in [0.15, 0.2) is 0 Å². The van der Waals surface area contributed by atoms with E-state index in [1.165, 1.54) is 7.11 Å². The molecule has 1 unspecified atom stereocenters. The molecule has 0 heterocycles. The van der Waals surface area contributed by atoms with Gasteiger partial charge in [0.25, 0.3) is 0 Å². The standard InChI is InChI=1S/C3H8O3P.Na/c1-3-6-7(4)5-2;/h3H2,1-2H3;/q-1;+1. The maximum absolute atomic E-state index is 10.1. The Labute approximate surface area is 72.7 Å². The average Bonchev–Trinajstić information content (AvgIpc) is 1.68. The van der Waals surface area contributed by atoms with Gasteiger partial charge in [-0.3, -0.25) is 0 Å². The van der Waals surface area contributed by atoms with E-state index in [1.807, 2.05) is 0 Å². The van der Waals surface area contributed by atoms with Gasteiger partial charge in [-0.05, 0) is 6.92 Å². The van der Waals surface area contributed by atoms with Crippen molar-refractivity contribution >= 4 is 8.60 Å². The normalized spacial score (nSPS) is 12.4. The maximum Gasteiger partial charge on any atom is 1.00 e. The van der Waals surface area contributed by atoms with Crippen LogP contribution in [0.25, 0.3) is 0 Å². The summed E-state index contributed by atoms with van der Waals surface area (Å²) in [5.41, 5.74) is 0. The smallest absolute Gasteiger partial charge is 0.786 e. The molecule has 0 aliphatic carbocycles. The van der Waals surface area contributed by atoms with Gasteiger partial charge in [0.2, 0.25) is 0 Å². The van der Waals surface area contributed by atoms with Gasteiger partial charge in [-0.2, -0.15) is 0 Å². The Morgan fingerprint density at radius 2 is 2.12 bits per heavy atom. The average molecular weight is 146 g/mol. The van der Waals surface area contributed by atoms with Crippen LogP contribution in [-0.2, 0) is 9.05 Å². The van der Waals surface area contributed by atoms with E-state index < -0.39 is 8.60 Å². The zero-order valence-corrected chi connectivity index (χ0v) is 8.27. The monoisotopic (exact) mass is 146 g/mol. The summed E-state index contributed by atoms with van der Waals surface area (Å²) in [6.45, 7) is 2.19. The van der Waals surface area contributed by atoms with Gasteiger partial charge in [-0.25, -0.2) is 0 Å². The summed E-state index contributed by atoms with van der Waals surface area (Å²) in [7, 11) is -0.487. The van der Waals surface area contributed by atoms with Crippen LogP contribution in [0.1, 0.15) is 6.92 Å². The predicted octanol–water partition coefficient (Wildman–Crippen LogP) is -2.74. The summed E-state index contributed by atoms with van der Waals surface area (Å²) < 4.78 is 8.76. The molecule has 0 fully saturated rings. The number of hydrogen-bond donors (Lipinski definition) is 0. The summed E-state index contributed by atoms with van der Waals surface area (Å²) in [6, 6.07) is 0.